The SMILES string of the molecule is O=C(Nc1cccc(-c2nc(-c3ccccc3)no2)c1)c1cccnc1. The van der Waals surface area contributed by atoms with Crippen molar-refractivity contribution in [2.45, 2.75) is 0 Å². The molecule has 2 heterocycles. The lowest BCUT2D eigenvalue weighted by molar-refractivity contribution is 0.102. The Kier molecular flexibility index (Phi) is 4.22. The van der Waals surface area contributed by atoms with E-state index < -0.39 is 0 Å². The lowest BCUT2D eigenvalue weighted by Gasteiger charge is -2.05. The molecule has 126 valence electrons. The Morgan fingerprint density at radius 1 is 0.923 bits per heavy atom. The highest BCUT2D eigenvalue weighted by molar-refractivity contribution is 6.04. The number of hydrogen-bond donors (Lipinski definition) is 1. The van der Waals surface area contributed by atoms with Gasteiger partial charge in [-0.05, 0) is 30.3 Å². The molecule has 1 amide bonds. The summed E-state index contributed by atoms with van der Waals surface area (Å²) in [6, 6.07) is 20.3. The predicted molar refractivity (Wildman–Crippen MR) is 97.4 cm³/mol. The number of carbonyl (C=O) groups excluding carboxylic acids is 1. The summed E-state index contributed by atoms with van der Waals surface area (Å²) in [5.41, 5.74) is 2.73. The fourth-order valence-corrected chi connectivity index (χ4v) is 2.48. The van der Waals surface area contributed by atoms with E-state index >= 15 is 0 Å². The Labute approximate surface area is 149 Å². The fourth-order valence-electron chi connectivity index (χ4n) is 2.48. The van der Waals surface area contributed by atoms with Crippen LogP contribution in [0.15, 0.2) is 83.6 Å². The van der Waals surface area contributed by atoms with Crippen LogP contribution in [0.4, 0.5) is 5.69 Å². The molecule has 0 saturated carbocycles. The van der Waals surface area contributed by atoms with Gasteiger partial charge in [0.2, 0.25) is 5.82 Å². The molecule has 0 aliphatic heterocycles. The molecule has 0 bridgehead atoms. The number of nitrogens with zero attached hydrogens (tertiary/aromatic N) is 3. The van der Waals surface area contributed by atoms with Gasteiger partial charge in [0, 0.05) is 29.2 Å². The lowest BCUT2D eigenvalue weighted by Crippen LogP contribution is -2.11. The Hall–Kier alpha value is -3.80. The molecule has 0 unspecified atom stereocenters. The smallest absolute Gasteiger partial charge is 0.258 e. The number of carbonyl (C=O) groups is 1. The second kappa shape index (κ2) is 6.98. The standard InChI is InChI=1S/C20H14N4O2/c25-19(16-9-5-11-21-13-16)22-17-10-4-8-15(12-17)20-23-18(24-26-20)14-6-2-1-3-7-14/h1-13H,(H,22,25). The summed E-state index contributed by atoms with van der Waals surface area (Å²) in [7, 11) is 0. The van der Waals surface area contributed by atoms with Crippen molar-refractivity contribution in [2.24, 2.45) is 0 Å². The number of pyridine rings is 1. The topological polar surface area (TPSA) is 80.9 Å². The highest BCUT2D eigenvalue weighted by Crippen LogP contribution is 2.24. The first-order chi connectivity index (χ1) is 12.8. The van der Waals surface area contributed by atoms with E-state index in [1.807, 2.05) is 42.5 Å². The summed E-state index contributed by atoms with van der Waals surface area (Å²) in [4.78, 5) is 20.6. The Morgan fingerprint density at radius 2 is 1.77 bits per heavy atom. The summed E-state index contributed by atoms with van der Waals surface area (Å²) in [6.07, 6.45) is 3.14. The van der Waals surface area contributed by atoms with Crippen molar-refractivity contribution in [3.8, 4) is 22.8 Å². The Bertz CT molecular complexity index is 1030. The third kappa shape index (κ3) is 3.34. The van der Waals surface area contributed by atoms with Gasteiger partial charge in [-0.1, -0.05) is 41.6 Å². The summed E-state index contributed by atoms with van der Waals surface area (Å²) >= 11 is 0. The van der Waals surface area contributed by atoms with Gasteiger partial charge >= 0.3 is 0 Å². The largest absolute Gasteiger partial charge is 0.334 e. The Morgan fingerprint density at radius 3 is 2.58 bits per heavy atom. The van der Waals surface area contributed by atoms with Gasteiger partial charge in [0.15, 0.2) is 0 Å². The van der Waals surface area contributed by atoms with Gasteiger partial charge in [-0.15, -0.1) is 0 Å². The summed E-state index contributed by atoms with van der Waals surface area (Å²) in [6.45, 7) is 0. The van der Waals surface area contributed by atoms with Crippen LogP contribution >= 0.6 is 0 Å². The molecule has 4 aromatic rings. The second-order valence-corrected chi connectivity index (χ2v) is 5.57. The van der Waals surface area contributed by atoms with Crippen molar-refractivity contribution in [1.29, 1.82) is 0 Å². The molecule has 0 aliphatic carbocycles. The fraction of sp³-hybridized carbons (Fsp3) is 0. The van der Waals surface area contributed by atoms with Crippen molar-refractivity contribution < 1.29 is 9.32 Å². The van der Waals surface area contributed by atoms with Crippen LogP contribution in [0.25, 0.3) is 22.8 Å². The van der Waals surface area contributed by atoms with Crippen molar-refractivity contribution >= 4 is 11.6 Å². The molecule has 2 aromatic heterocycles. The third-order valence-corrected chi connectivity index (χ3v) is 3.75. The molecular weight excluding hydrogens is 328 g/mol. The van der Waals surface area contributed by atoms with Crippen molar-refractivity contribution in [1.82, 2.24) is 15.1 Å². The molecule has 4 rings (SSSR count). The first-order valence-corrected chi connectivity index (χ1v) is 8.00. The zero-order valence-corrected chi connectivity index (χ0v) is 13.7. The van der Waals surface area contributed by atoms with Crippen molar-refractivity contribution in [2.75, 3.05) is 5.32 Å². The van der Waals surface area contributed by atoms with Crippen LogP contribution in [0.3, 0.4) is 0 Å². The monoisotopic (exact) mass is 342 g/mol. The van der Waals surface area contributed by atoms with Crippen LogP contribution in [0.2, 0.25) is 0 Å². The first-order valence-electron chi connectivity index (χ1n) is 8.00. The number of aromatic nitrogens is 3. The van der Waals surface area contributed by atoms with Crippen molar-refractivity contribution in [3.63, 3.8) is 0 Å². The molecule has 6 nitrogen and oxygen atoms in total. The third-order valence-electron chi connectivity index (χ3n) is 3.75. The van der Waals surface area contributed by atoms with Gasteiger partial charge < -0.3 is 9.84 Å². The summed E-state index contributed by atoms with van der Waals surface area (Å²) in [5.74, 6) is 0.678. The number of nitrogens with one attached hydrogen (secondary N) is 1. The van der Waals surface area contributed by atoms with Crippen LogP contribution < -0.4 is 5.32 Å². The zero-order chi connectivity index (χ0) is 17.8. The van der Waals surface area contributed by atoms with E-state index in [1.54, 1.807) is 30.5 Å². The summed E-state index contributed by atoms with van der Waals surface area (Å²) in [5, 5.41) is 6.86. The van der Waals surface area contributed by atoms with Gasteiger partial charge in [-0.2, -0.15) is 4.98 Å². The van der Waals surface area contributed by atoms with Crippen LogP contribution in [0.1, 0.15) is 10.4 Å². The van der Waals surface area contributed by atoms with E-state index in [9.17, 15) is 4.79 Å². The number of anilines is 1. The van der Waals surface area contributed by atoms with Gasteiger partial charge in [0.1, 0.15) is 0 Å². The Balaban J connectivity index is 1.57. The van der Waals surface area contributed by atoms with E-state index in [2.05, 4.69) is 20.4 Å². The van der Waals surface area contributed by atoms with Crippen LogP contribution in [0.5, 0.6) is 0 Å². The van der Waals surface area contributed by atoms with E-state index in [4.69, 9.17) is 4.52 Å². The van der Waals surface area contributed by atoms with Crippen molar-refractivity contribution in [3.05, 3.63) is 84.7 Å². The average Bonchev–Trinajstić information content (AvgIpc) is 3.20. The molecule has 2 aromatic carbocycles. The maximum absolute atomic E-state index is 12.2. The average molecular weight is 342 g/mol. The molecule has 26 heavy (non-hydrogen) atoms. The molecule has 0 aliphatic rings. The van der Waals surface area contributed by atoms with Gasteiger partial charge in [0.05, 0.1) is 5.56 Å². The lowest BCUT2D eigenvalue weighted by atomic mass is 10.2. The molecule has 0 atom stereocenters. The normalized spacial score (nSPS) is 10.5. The molecule has 0 radical (unpaired) electrons. The number of rotatable bonds is 4. The van der Waals surface area contributed by atoms with Gasteiger partial charge in [0.25, 0.3) is 11.8 Å². The second-order valence-electron chi connectivity index (χ2n) is 5.57. The maximum Gasteiger partial charge on any atom is 0.258 e. The van der Waals surface area contributed by atoms with E-state index in [-0.39, 0.29) is 5.91 Å². The first kappa shape index (κ1) is 15.7. The highest BCUT2D eigenvalue weighted by Gasteiger charge is 2.12. The molecule has 0 spiro atoms. The number of amides is 1. The van der Waals surface area contributed by atoms with Crippen LogP contribution in [0, 0.1) is 0 Å². The molecule has 0 saturated heterocycles. The van der Waals surface area contributed by atoms with E-state index in [0.29, 0.717) is 23.0 Å². The minimum atomic E-state index is -0.231. The number of benzene rings is 2. The highest BCUT2D eigenvalue weighted by atomic mass is 16.5. The van der Waals surface area contributed by atoms with Gasteiger partial charge in [-0.25, -0.2) is 0 Å². The summed E-state index contributed by atoms with van der Waals surface area (Å²) < 4.78 is 5.37. The molecule has 0 fully saturated rings. The van der Waals surface area contributed by atoms with Crippen LogP contribution in [-0.2, 0) is 0 Å². The quantitative estimate of drug-likeness (QED) is 0.605. The minimum Gasteiger partial charge on any atom is -0.334 e. The molecule has 1 N–H and O–H groups in total. The van der Waals surface area contributed by atoms with E-state index in [0.717, 1.165) is 11.1 Å². The van der Waals surface area contributed by atoms with Crippen LogP contribution in [-0.4, -0.2) is 21.0 Å². The zero-order valence-electron chi connectivity index (χ0n) is 13.7. The molecule has 6 heteroatoms. The van der Waals surface area contributed by atoms with Gasteiger partial charge in [-0.3, -0.25) is 9.78 Å². The number of hydrogen-bond acceptors (Lipinski definition) is 5. The molecular formula is C20H14N4O2. The minimum absolute atomic E-state index is 0.231. The predicted octanol–water partition coefficient (Wildman–Crippen LogP) is 4.05. The van der Waals surface area contributed by atoms with E-state index in [1.165, 1.54) is 6.20 Å². The maximum atomic E-state index is 12.2.